The first kappa shape index (κ1) is 25.5. The van der Waals surface area contributed by atoms with Gasteiger partial charge in [-0.25, -0.2) is 0 Å². The van der Waals surface area contributed by atoms with Gasteiger partial charge in [-0.15, -0.1) is 0 Å². The molecule has 0 aliphatic carbocycles. The Morgan fingerprint density at radius 2 is 1.78 bits per heavy atom. The van der Waals surface area contributed by atoms with E-state index in [2.05, 4.69) is 5.32 Å². The Kier molecular flexibility index (Phi) is 7.81. The lowest BCUT2D eigenvalue weighted by molar-refractivity contribution is -0.118. The van der Waals surface area contributed by atoms with Crippen molar-refractivity contribution in [2.24, 2.45) is 0 Å². The number of hydrogen-bond donors (Lipinski definition) is 1. The number of benzene rings is 2. The normalized spacial score (nSPS) is 14.4. The van der Waals surface area contributed by atoms with Crippen molar-refractivity contribution in [1.29, 1.82) is 0 Å². The van der Waals surface area contributed by atoms with Gasteiger partial charge in [0.1, 0.15) is 0 Å². The zero-order valence-corrected chi connectivity index (χ0v) is 22.2. The molecule has 1 fully saturated rings. The molecule has 36 heavy (non-hydrogen) atoms. The lowest BCUT2D eigenvalue weighted by atomic mass is 10.2. The Labute approximate surface area is 220 Å². The van der Waals surface area contributed by atoms with E-state index in [0.717, 1.165) is 22.5 Å². The molecule has 1 N–H and O–H groups in total. The largest absolute Gasteiger partial charge is 0.490 e. The first-order valence-electron chi connectivity index (χ1n) is 11.5. The second kappa shape index (κ2) is 11.0. The summed E-state index contributed by atoms with van der Waals surface area (Å²) in [6.07, 6.45) is 1.78. The van der Waals surface area contributed by atoms with Gasteiger partial charge < -0.3 is 14.8 Å². The number of nitrogens with one attached hydrogen (secondary N) is 1. The molecule has 186 valence electrons. The molecule has 0 radical (unpaired) electrons. The first-order chi connectivity index (χ1) is 17.3. The maximum Gasteiger partial charge on any atom is 0.285 e. The van der Waals surface area contributed by atoms with E-state index in [1.54, 1.807) is 18.2 Å². The number of anilines is 1. The molecule has 2 heterocycles. The molecule has 0 atom stereocenters. The maximum absolute atomic E-state index is 13.2. The molecular formula is C27H27N3O4S2. The van der Waals surface area contributed by atoms with Crippen molar-refractivity contribution >= 4 is 51.9 Å². The maximum atomic E-state index is 13.2. The van der Waals surface area contributed by atoms with Crippen LogP contribution in [-0.2, 0) is 9.59 Å². The van der Waals surface area contributed by atoms with Gasteiger partial charge in [0.15, 0.2) is 22.4 Å². The molecule has 2 aromatic carbocycles. The summed E-state index contributed by atoms with van der Waals surface area (Å²) in [6, 6.07) is 16.8. The van der Waals surface area contributed by atoms with Crippen LogP contribution in [0.15, 0.2) is 59.5 Å². The number of rotatable bonds is 8. The predicted octanol–water partition coefficient (Wildman–Crippen LogP) is 5.37. The monoisotopic (exact) mass is 521 g/mol. The third-order valence-electron chi connectivity index (χ3n) is 5.43. The van der Waals surface area contributed by atoms with Crippen LogP contribution in [0.2, 0.25) is 0 Å². The molecule has 1 aliphatic rings. The van der Waals surface area contributed by atoms with Crippen molar-refractivity contribution in [2.75, 3.05) is 23.5 Å². The number of carbonyl (C=O) groups is 2. The topological polar surface area (TPSA) is 72.8 Å². The summed E-state index contributed by atoms with van der Waals surface area (Å²) in [7, 11) is 0. The molecule has 9 heteroatoms. The van der Waals surface area contributed by atoms with Crippen molar-refractivity contribution in [3.05, 3.63) is 82.0 Å². The molecule has 0 unspecified atom stereocenters. The third kappa shape index (κ3) is 5.63. The average Bonchev–Trinajstić information content (AvgIpc) is 3.29. The van der Waals surface area contributed by atoms with Gasteiger partial charge in [-0.2, -0.15) is 5.01 Å². The number of nitrogens with zero attached hydrogens (tertiary/aromatic N) is 2. The van der Waals surface area contributed by atoms with Gasteiger partial charge in [-0.05, 0) is 93.5 Å². The minimum Gasteiger partial charge on any atom is -0.490 e. The lowest BCUT2D eigenvalue weighted by Crippen LogP contribution is -2.39. The molecule has 0 spiro atoms. The van der Waals surface area contributed by atoms with Gasteiger partial charge in [0, 0.05) is 17.1 Å². The predicted molar refractivity (Wildman–Crippen MR) is 148 cm³/mol. The number of thioether (sulfide) groups is 1. The summed E-state index contributed by atoms with van der Waals surface area (Å²) < 4.78 is 13.8. The quantitative estimate of drug-likeness (QED) is 0.318. The van der Waals surface area contributed by atoms with Crippen LogP contribution in [0.3, 0.4) is 0 Å². The minimum atomic E-state index is -0.272. The molecule has 1 aromatic heterocycles. The van der Waals surface area contributed by atoms with Gasteiger partial charge in [0.2, 0.25) is 0 Å². The van der Waals surface area contributed by atoms with Crippen molar-refractivity contribution in [2.45, 2.75) is 27.7 Å². The summed E-state index contributed by atoms with van der Waals surface area (Å²) in [5.41, 5.74) is 4.38. The third-order valence-corrected chi connectivity index (χ3v) is 6.72. The van der Waals surface area contributed by atoms with Crippen LogP contribution in [0.25, 0.3) is 6.08 Å². The Balaban J connectivity index is 1.49. The van der Waals surface area contributed by atoms with Gasteiger partial charge >= 0.3 is 0 Å². The van der Waals surface area contributed by atoms with E-state index in [9.17, 15) is 9.59 Å². The minimum absolute atomic E-state index is 0.165. The van der Waals surface area contributed by atoms with E-state index in [1.807, 2.05) is 74.8 Å². The van der Waals surface area contributed by atoms with Crippen LogP contribution < -0.4 is 19.8 Å². The second-order valence-corrected chi connectivity index (χ2v) is 9.94. The van der Waals surface area contributed by atoms with Gasteiger partial charge in [0.25, 0.3) is 11.8 Å². The van der Waals surface area contributed by atoms with E-state index in [-0.39, 0.29) is 18.4 Å². The van der Waals surface area contributed by atoms with E-state index in [0.29, 0.717) is 33.0 Å². The molecule has 1 saturated heterocycles. The highest BCUT2D eigenvalue weighted by Crippen LogP contribution is 2.35. The summed E-state index contributed by atoms with van der Waals surface area (Å²) in [5.74, 6) is 0.478. The fourth-order valence-electron chi connectivity index (χ4n) is 3.82. The van der Waals surface area contributed by atoms with Crippen LogP contribution >= 0.6 is 24.0 Å². The van der Waals surface area contributed by atoms with Crippen molar-refractivity contribution in [3.8, 4) is 11.5 Å². The summed E-state index contributed by atoms with van der Waals surface area (Å²) in [4.78, 5) is 26.1. The highest BCUT2D eigenvalue weighted by Gasteiger charge is 2.34. The first-order valence-corrected chi connectivity index (χ1v) is 12.7. The SMILES string of the molecule is CCOc1cc(/C=C2/SC(=S)N(n3c(C)ccc3C)C2=O)ccc1OCC(=O)Nc1cccc(C)c1. The molecule has 0 bridgehead atoms. The Bertz CT molecular complexity index is 1340. The van der Waals surface area contributed by atoms with Crippen molar-refractivity contribution in [3.63, 3.8) is 0 Å². The standard InChI is InChI=1S/C27H27N3O4S2/c1-5-33-23-14-20(11-12-22(23)34-16-25(31)28-21-8-6-7-17(2)13-21)15-24-26(32)30(27(35)36-24)29-18(3)9-10-19(29)4/h6-15H,5,16H2,1-4H3,(H,28,31)/b24-15+. The molecule has 7 nitrogen and oxygen atoms in total. The van der Waals surface area contributed by atoms with Gasteiger partial charge in [-0.3, -0.25) is 14.3 Å². The summed E-state index contributed by atoms with van der Waals surface area (Å²) in [5, 5.41) is 4.34. The molecule has 4 rings (SSSR count). The number of amides is 2. The van der Waals surface area contributed by atoms with Gasteiger partial charge in [-0.1, -0.05) is 30.0 Å². The number of aryl methyl sites for hydroxylation is 3. The summed E-state index contributed by atoms with van der Waals surface area (Å²) >= 11 is 6.76. The van der Waals surface area contributed by atoms with Crippen LogP contribution in [-0.4, -0.2) is 34.0 Å². The Morgan fingerprint density at radius 1 is 1.03 bits per heavy atom. The molecule has 3 aromatic rings. The molecule has 0 saturated carbocycles. The smallest absolute Gasteiger partial charge is 0.285 e. The van der Waals surface area contributed by atoms with E-state index < -0.39 is 0 Å². The Hall–Kier alpha value is -3.56. The van der Waals surface area contributed by atoms with Crippen LogP contribution in [0.1, 0.15) is 29.4 Å². The van der Waals surface area contributed by atoms with E-state index in [1.165, 1.54) is 16.8 Å². The van der Waals surface area contributed by atoms with Crippen LogP contribution in [0.5, 0.6) is 11.5 Å². The highest BCUT2D eigenvalue weighted by atomic mass is 32.2. The zero-order valence-electron chi connectivity index (χ0n) is 20.5. The number of ether oxygens (including phenoxy) is 2. The van der Waals surface area contributed by atoms with Crippen LogP contribution in [0, 0.1) is 20.8 Å². The average molecular weight is 522 g/mol. The number of thiocarbonyl (C=S) groups is 1. The van der Waals surface area contributed by atoms with E-state index >= 15 is 0 Å². The lowest BCUT2D eigenvalue weighted by Gasteiger charge is -2.20. The molecule has 2 amide bonds. The number of hydrogen-bond acceptors (Lipinski definition) is 6. The summed E-state index contributed by atoms with van der Waals surface area (Å²) in [6.45, 7) is 7.95. The number of aromatic nitrogens is 1. The zero-order chi connectivity index (χ0) is 25.8. The second-order valence-electron chi connectivity index (χ2n) is 8.27. The van der Waals surface area contributed by atoms with Crippen molar-refractivity contribution in [1.82, 2.24) is 4.68 Å². The number of carbonyl (C=O) groups excluding carboxylic acids is 2. The fraction of sp³-hybridized carbons (Fsp3) is 0.222. The Morgan fingerprint density at radius 3 is 2.47 bits per heavy atom. The fourth-order valence-corrected chi connectivity index (χ4v) is 5.07. The van der Waals surface area contributed by atoms with Crippen LogP contribution in [0.4, 0.5) is 5.69 Å². The highest BCUT2D eigenvalue weighted by molar-refractivity contribution is 8.27. The van der Waals surface area contributed by atoms with E-state index in [4.69, 9.17) is 21.7 Å². The van der Waals surface area contributed by atoms with Crippen molar-refractivity contribution < 1.29 is 19.1 Å². The molecule has 1 aliphatic heterocycles. The van der Waals surface area contributed by atoms with Gasteiger partial charge in [0.05, 0.1) is 11.5 Å². The molecular weight excluding hydrogens is 494 g/mol.